The van der Waals surface area contributed by atoms with Gasteiger partial charge in [-0.15, -0.1) is 0 Å². The first-order valence-corrected chi connectivity index (χ1v) is 4.76. The number of halogens is 1. The first-order chi connectivity index (χ1) is 5.86. The zero-order valence-electron chi connectivity index (χ0n) is 6.49. The van der Waals surface area contributed by atoms with Crippen molar-refractivity contribution in [2.75, 3.05) is 6.61 Å². The van der Waals surface area contributed by atoms with Crippen molar-refractivity contribution in [3.8, 4) is 0 Å². The summed E-state index contributed by atoms with van der Waals surface area (Å²) >= 11 is 3.10. The molecule has 1 saturated heterocycles. The van der Waals surface area contributed by atoms with Gasteiger partial charge in [0, 0.05) is 22.5 Å². The van der Waals surface area contributed by atoms with Gasteiger partial charge in [-0.1, -0.05) is 5.16 Å². The van der Waals surface area contributed by atoms with Crippen molar-refractivity contribution < 1.29 is 9.26 Å². The smallest absolute Gasteiger partial charge is 0.293 e. The second-order valence-electron chi connectivity index (χ2n) is 2.76. The molecule has 0 radical (unpaired) electrons. The van der Waals surface area contributed by atoms with E-state index in [9.17, 15) is 0 Å². The number of hydrogen-bond donors (Lipinski definition) is 0. The van der Waals surface area contributed by atoms with Crippen molar-refractivity contribution >= 4 is 15.9 Å². The van der Waals surface area contributed by atoms with E-state index in [1.54, 1.807) is 0 Å². The molecule has 4 nitrogen and oxygen atoms in total. The van der Waals surface area contributed by atoms with Crippen molar-refractivity contribution in [1.29, 1.82) is 0 Å². The van der Waals surface area contributed by atoms with Crippen molar-refractivity contribution in [2.24, 2.45) is 0 Å². The summed E-state index contributed by atoms with van der Waals surface area (Å²) in [6, 6.07) is 0. The minimum atomic E-state index is 0.0359. The van der Waals surface area contributed by atoms with Crippen molar-refractivity contribution in [3.05, 3.63) is 10.6 Å². The Morgan fingerprint density at radius 1 is 1.42 bits per heavy atom. The lowest BCUT2D eigenvalue weighted by Crippen LogP contribution is -2.12. The lowest BCUT2D eigenvalue weighted by atomic mass is 10.1. The molecule has 5 heteroatoms. The lowest BCUT2D eigenvalue weighted by molar-refractivity contribution is 0.00821. The van der Waals surface area contributed by atoms with E-state index < -0.39 is 0 Å². The fourth-order valence-corrected chi connectivity index (χ4v) is 1.54. The Bertz CT molecular complexity index is 258. The summed E-state index contributed by atoms with van der Waals surface area (Å²) in [5.41, 5.74) is 0. The molecule has 0 spiro atoms. The van der Waals surface area contributed by atoms with E-state index in [0.29, 0.717) is 10.6 Å². The maximum Gasteiger partial charge on any atom is 0.293 e. The zero-order chi connectivity index (χ0) is 8.39. The molecule has 1 aromatic rings. The standard InChI is InChI=1S/C7H9BrN2O2/c8-7-9-6(10-12-7)5-3-1-2-4-11-5/h5H,1-4H2. The molecule has 1 aliphatic rings. The van der Waals surface area contributed by atoms with Crippen molar-refractivity contribution in [3.63, 3.8) is 0 Å². The first-order valence-electron chi connectivity index (χ1n) is 3.97. The van der Waals surface area contributed by atoms with Crippen LogP contribution in [0, 0.1) is 0 Å². The van der Waals surface area contributed by atoms with Crippen LogP contribution >= 0.6 is 15.9 Å². The third-order valence-electron chi connectivity index (χ3n) is 1.88. The maximum absolute atomic E-state index is 5.47. The van der Waals surface area contributed by atoms with Crippen LogP contribution in [-0.4, -0.2) is 16.7 Å². The molecular weight excluding hydrogens is 224 g/mol. The predicted molar refractivity (Wildman–Crippen MR) is 44.5 cm³/mol. The highest BCUT2D eigenvalue weighted by atomic mass is 79.9. The predicted octanol–water partition coefficient (Wildman–Crippen LogP) is 2.07. The summed E-state index contributed by atoms with van der Waals surface area (Å²) in [4.78, 5) is 4.47. The van der Waals surface area contributed by atoms with Crippen molar-refractivity contribution in [1.82, 2.24) is 10.1 Å². The van der Waals surface area contributed by atoms with Crippen LogP contribution in [0.2, 0.25) is 0 Å². The highest BCUT2D eigenvalue weighted by Gasteiger charge is 2.20. The number of nitrogens with zero attached hydrogens (tertiary/aromatic N) is 2. The molecule has 0 bridgehead atoms. The van der Waals surface area contributed by atoms with Gasteiger partial charge in [-0.3, -0.25) is 0 Å². The number of ether oxygens (including phenoxy) is 1. The SMILES string of the molecule is Brc1nc(C2CCCCO2)no1. The molecule has 0 N–H and O–H groups in total. The minimum absolute atomic E-state index is 0.0359. The largest absolute Gasteiger partial charge is 0.370 e. The highest BCUT2D eigenvalue weighted by Crippen LogP contribution is 2.26. The van der Waals surface area contributed by atoms with Gasteiger partial charge < -0.3 is 9.26 Å². The zero-order valence-corrected chi connectivity index (χ0v) is 8.08. The molecule has 1 aromatic heterocycles. The van der Waals surface area contributed by atoms with Crippen LogP contribution in [0.4, 0.5) is 0 Å². The molecule has 2 heterocycles. The Morgan fingerprint density at radius 3 is 2.92 bits per heavy atom. The average Bonchev–Trinajstić information content (AvgIpc) is 2.54. The van der Waals surface area contributed by atoms with Gasteiger partial charge in [-0.05, 0) is 19.3 Å². The van der Waals surface area contributed by atoms with Gasteiger partial charge in [0.15, 0.2) is 0 Å². The molecular formula is C7H9BrN2O2. The quantitative estimate of drug-likeness (QED) is 0.744. The topological polar surface area (TPSA) is 48.2 Å². The Kier molecular flexibility index (Phi) is 2.41. The molecule has 66 valence electrons. The van der Waals surface area contributed by atoms with Gasteiger partial charge in [0.25, 0.3) is 4.80 Å². The fraction of sp³-hybridized carbons (Fsp3) is 0.714. The molecule has 1 aliphatic heterocycles. The Hall–Kier alpha value is -0.420. The summed E-state index contributed by atoms with van der Waals surface area (Å²) < 4.78 is 10.3. The number of rotatable bonds is 1. The average molecular weight is 233 g/mol. The molecule has 0 saturated carbocycles. The van der Waals surface area contributed by atoms with E-state index in [-0.39, 0.29) is 6.10 Å². The van der Waals surface area contributed by atoms with Gasteiger partial charge in [0.05, 0.1) is 0 Å². The van der Waals surface area contributed by atoms with Gasteiger partial charge >= 0.3 is 0 Å². The number of hydrogen-bond acceptors (Lipinski definition) is 4. The van der Waals surface area contributed by atoms with E-state index in [0.717, 1.165) is 19.4 Å². The van der Waals surface area contributed by atoms with Gasteiger partial charge in [0.2, 0.25) is 5.82 Å². The van der Waals surface area contributed by atoms with Gasteiger partial charge in [-0.25, -0.2) is 0 Å². The van der Waals surface area contributed by atoms with Crippen LogP contribution in [0.3, 0.4) is 0 Å². The Labute approximate surface area is 78.4 Å². The second kappa shape index (κ2) is 3.53. The molecule has 2 rings (SSSR count). The summed E-state index contributed by atoms with van der Waals surface area (Å²) in [5.74, 6) is 0.654. The first kappa shape index (κ1) is 8.19. The van der Waals surface area contributed by atoms with E-state index in [2.05, 4.69) is 26.1 Å². The number of aromatic nitrogens is 2. The fourth-order valence-electron chi connectivity index (χ4n) is 1.29. The molecule has 12 heavy (non-hydrogen) atoms. The third kappa shape index (κ3) is 1.67. The molecule has 0 amide bonds. The third-order valence-corrected chi connectivity index (χ3v) is 2.21. The molecule has 1 fully saturated rings. The minimum Gasteiger partial charge on any atom is -0.370 e. The van der Waals surface area contributed by atoms with Gasteiger partial charge in [0.1, 0.15) is 6.10 Å². The summed E-state index contributed by atoms with van der Waals surface area (Å²) in [7, 11) is 0. The van der Waals surface area contributed by atoms with E-state index in [4.69, 9.17) is 9.26 Å². The maximum atomic E-state index is 5.47. The lowest BCUT2D eigenvalue weighted by Gasteiger charge is -2.18. The van der Waals surface area contributed by atoms with Gasteiger partial charge in [-0.2, -0.15) is 4.98 Å². The summed E-state index contributed by atoms with van der Waals surface area (Å²) in [5, 5.41) is 3.78. The van der Waals surface area contributed by atoms with Crippen molar-refractivity contribution in [2.45, 2.75) is 25.4 Å². The van der Waals surface area contributed by atoms with Crippen LogP contribution in [-0.2, 0) is 4.74 Å². The van der Waals surface area contributed by atoms with Crippen LogP contribution in [0.1, 0.15) is 31.2 Å². The molecule has 0 aliphatic carbocycles. The van der Waals surface area contributed by atoms with Crippen LogP contribution < -0.4 is 0 Å². The Balaban J connectivity index is 2.08. The second-order valence-corrected chi connectivity index (χ2v) is 3.44. The highest BCUT2D eigenvalue weighted by molar-refractivity contribution is 9.10. The molecule has 0 aromatic carbocycles. The molecule has 1 unspecified atom stereocenters. The van der Waals surface area contributed by atoms with E-state index >= 15 is 0 Å². The monoisotopic (exact) mass is 232 g/mol. The normalized spacial score (nSPS) is 24.2. The van der Waals surface area contributed by atoms with Crippen LogP contribution in [0.15, 0.2) is 9.32 Å². The van der Waals surface area contributed by atoms with Crippen LogP contribution in [0.25, 0.3) is 0 Å². The van der Waals surface area contributed by atoms with Crippen LogP contribution in [0.5, 0.6) is 0 Å². The molecule has 1 atom stereocenters. The van der Waals surface area contributed by atoms with E-state index in [1.807, 2.05) is 0 Å². The Morgan fingerprint density at radius 2 is 2.33 bits per heavy atom. The van der Waals surface area contributed by atoms with E-state index in [1.165, 1.54) is 6.42 Å². The summed E-state index contributed by atoms with van der Waals surface area (Å²) in [6.07, 6.45) is 3.34. The summed E-state index contributed by atoms with van der Waals surface area (Å²) in [6.45, 7) is 0.802.